The molecule has 138 valence electrons. The molecular formula is C17H20N4O4S. The molecule has 1 aromatic carbocycles. The number of non-ortho nitro benzene ring substituents is 1. The Bertz CT molecular complexity index is 904. The third kappa shape index (κ3) is 3.39. The van der Waals surface area contributed by atoms with Crippen LogP contribution < -0.4 is 10.9 Å². The third-order valence-corrected chi connectivity index (χ3v) is 5.66. The smallest absolute Gasteiger partial charge is 0.270 e. The number of carbonyl (C=O) groups excluding carboxylic acids is 1. The number of nitrogens with one attached hydrogen (secondary N) is 2. The highest BCUT2D eigenvalue weighted by Gasteiger charge is 2.31. The van der Waals surface area contributed by atoms with Crippen LogP contribution in [0.5, 0.6) is 0 Å². The Hall–Kier alpha value is -2.55. The van der Waals surface area contributed by atoms with Crippen LogP contribution in [-0.2, 0) is 4.79 Å². The predicted molar refractivity (Wildman–Crippen MR) is 101 cm³/mol. The summed E-state index contributed by atoms with van der Waals surface area (Å²) in [7, 11) is 0. The number of aromatic amines is 1. The molecule has 2 N–H and O–H groups in total. The Kier molecular flexibility index (Phi) is 5.17. The first-order chi connectivity index (χ1) is 12.4. The Morgan fingerprint density at radius 3 is 2.88 bits per heavy atom. The van der Waals surface area contributed by atoms with Crippen molar-refractivity contribution in [1.29, 1.82) is 0 Å². The van der Waals surface area contributed by atoms with Gasteiger partial charge >= 0.3 is 0 Å². The number of hydrogen-bond donors (Lipinski definition) is 2. The van der Waals surface area contributed by atoms with Gasteiger partial charge in [-0.2, -0.15) is 0 Å². The van der Waals surface area contributed by atoms with Crippen LogP contribution in [0.15, 0.2) is 29.1 Å². The molecule has 26 heavy (non-hydrogen) atoms. The maximum Gasteiger partial charge on any atom is 0.270 e. The molecule has 1 aliphatic rings. The van der Waals surface area contributed by atoms with E-state index in [1.54, 1.807) is 16.8 Å². The van der Waals surface area contributed by atoms with Gasteiger partial charge in [-0.15, -0.1) is 11.8 Å². The van der Waals surface area contributed by atoms with Gasteiger partial charge in [0, 0.05) is 18.2 Å². The standard InChI is InChI=1S/C17H20N4O4S/c1-3-5-10(2)20-16-14(17(23)19-20)15(26-9-13(22)18-16)11-6-4-7-12(8-11)21(24)25/h4,6-8,10,15H,3,5,9H2,1-2H3,(H,18,22)(H,19,23)/t10-,15+/m1/s1. The minimum Gasteiger partial charge on any atom is -0.310 e. The van der Waals surface area contributed by atoms with E-state index in [9.17, 15) is 19.7 Å². The highest BCUT2D eigenvalue weighted by atomic mass is 32.2. The van der Waals surface area contributed by atoms with Crippen LogP contribution in [0.25, 0.3) is 0 Å². The number of amides is 1. The summed E-state index contributed by atoms with van der Waals surface area (Å²) in [5.74, 6) is 0.437. The molecule has 1 amide bonds. The van der Waals surface area contributed by atoms with Gasteiger partial charge in [0.05, 0.1) is 21.5 Å². The van der Waals surface area contributed by atoms with E-state index < -0.39 is 10.2 Å². The number of H-pyrrole nitrogens is 1. The Morgan fingerprint density at radius 1 is 1.42 bits per heavy atom. The summed E-state index contributed by atoms with van der Waals surface area (Å²) in [5.41, 5.74) is 0.746. The van der Waals surface area contributed by atoms with Crippen molar-refractivity contribution in [2.24, 2.45) is 0 Å². The molecule has 0 bridgehead atoms. The van der Waals surface area contributed by atoms with Crippen molar-refractivity contribution in [1.82, 2.24) is 9.78 Å². The van der Waals surface area contributed by atoms with E-state index in [2.05, 4.69) is 17.3 Å². The summed E-state index contributed by atoms with van der Waals surface area (Å²) in [6.07, 6.45) is 1.79. The van der Waals surface area contributed by atoms with Crippen LogP contribution in [0.3, 0.4) is 0 Å². The summed E-state index contributed by atoms with van der Waals surface area (Å²) >= 11 is 1.29. The van der Waals surface area contributed by atoms with E-state index in [4.69, 9.17) is 0 Å². The number of hydrogen-bond acceptors (Lipinski definition) is 5. The second kappa shape index (κ2) is 7.36. The second-order valence-electron chi connectivity index (χ2n) is 6.30. The van der Waals surface area contributed by atoms with Crippen molar-refractivity contribution >= 4 is 29.2 Å². The average molecular weight is 376 g/mol. The highest BCUT2D eigenvalue weighted by molar-refractivity contribution is 8.00. The van der Waals surface area contributed by atoms with Crippen molar-refractivity contribution in [3.63, 3.8) is 0 Å². The molecule has 3 rings (SSSR count). The van der Waals surface area contributed by atoms with Gasteiger partial charge in [0.2, 0.25) is 5.91 Å². The van der Waals surface area contributed by atoms with Crippen LogP contribution in [0.1, 0.15) is 49.1 Å². The fourth-order valence-corrected chi connectivity index (χ4v) is 4.30. The molecule has 0 aliphatic carbocycles. The minimum absolute atomic E-state index is 0.0191. The lowest BCUT2D eigenvalue weighted by Crippen LogP contribution is -2.18. The first-order valence-electron chi connectivity index (χ1n) is 8.42. The number of thioether (sulfide) groups is 1. The monoisotopic (exact) mass is 376 g/mol. The zero-order chi connectivity index (χ0) is 18.8. The number of nitro benzene ring substituents is 1. The summed E-state index contributed by atoms with van der Waals surface area (Å²) in [6.45, 7) is 4.03. The summed E-state index contributed by atoms with van der Waals surface area (Å²) < 4.78 is 1.70. The van der Waals surface area contributed by atoms with E-state index in [-0.39, 0.29) is 28.9 Å². The number of fused-ring (bicyclic) bond motifs is 1. The normalized spacial score (nSPS) is 17.9. The molecule has 0 radical (unpaired) electrons. The van der Waals surface area contributed by atoms with E-state index in [0.29, 0.717) is 16.9 Å². The van der Waals surface area contributed by atoms with Crippen molar-refractivity contribution in [2.45, 2.75) is 38.0 Å². The van der Waals surface area contributed by atoms with Crippen molar-refractivity contribution in [3.05, 3.63) is 55.9 Å². The van der Waals surface area contributed by atoms with Gasteiger partial charge in [0.25, 0.3) is 11.2 Å². The molecule has 2 heterocycles. The average Bonchev–Trinajstić information content (AvgIpc) is 2.82. The van der Waals surface area contributed by atoms with Crippen LogP contribution >= 0.6 is 11.8 Å². The molecule has 0 unspecified atom stereocenters. The fourth-order valence-electron chi connectivity index (χ4n) is 3.19. The van der Waals surface area contributed by atoms with Gasteiger partial charge in [0.1, 0.15) is 5.82 Å². The molecular weight excluding hydrogens is 356 g/mol. The second-order valence-corrected chi connectivity index (χ2v) is 7.40. The molecule has 1 aliphatic heterocycles. The lowest BCUT2D eigenvalue weighted by Gasteiger charge is -2.17. The number of nitrogens with zero attached hydrogens (tertiary/aromatic N) is 2. The summed E-state index contributed by atoms with van der Waals surface area (Å²) in [4.78, 5) is 35.5. The SMILES string of the molecule is CCC[C@@H](C)n1[nH]c(=O)c2c1NC(=O)CS[C@H]2c1cccc([N+](=O)[O-])c1. The number of aromatic nitrogens is 2. The van der Waals surface area contributed by atoms with E-state index in [1.807, 2.05) is 6.92 Å². The third-order valence-electron chi connectivity index (χ3n) is 4.39. The van der Waals surface area contributed by atoms with Gasteiger partial charge in [0.15, 0.2) is 0 Å². The van der Waals surface area contributed by atoms with Crippen molar-refractivity contribution in [2.75, 3.05) is 11.1 Å². The maximum atomic E-state index is 12.7. The van der Waals surface area contributed by atoms with Crippen molar-refractivity contribution < 1.29 is 9.72 Å². The lowest BCUT2D eigenvalue weighted by molar-refractivity contribution is -0.384. The number of rotatable bonds is 5. The lowest BCUT2D eigenvalue weighted by atomic mass is 10.1. The van der Waals surface area contributed by atoms with Gasteiger partial charge in [-0.05, 0) is 18.9 Å². The zero-order valence-corrected chi connectivity index (χ0v) is 15.3. The molecule has 9 heteroatoms. The predicted octanol–water partition coefficient (Wildman–Crippen LogP) is 3.22. The maximum absolute atomic E-state index is 12.7. The first kappa shape index (κ1) is 18.2. The van der Waals surface area contributed by atoms with Crippen LogP contribution in [0.4, 0.5) is 11.5 Å². The van der Waals surface area contributed by atoms with Gasteiger partial charge in [-0.3, -0.25) is 29.5 Å². The molecule has 0 saturated heterocycles. The molecule has 0 fully saturated rings. The van der Waals surface area contributed by atoms with Gasteiger partial charge in [-0.25, -0.2) is 0 Å². The van der Waals surface area contributed by atoms with Crippen molar-refractivity contribution in [3.8, 4) is 0 Å². The summed E-state index contributed by atoms with van der Waals surface area (Å²) in [6, 6.07) is 6.23. The van der Waals surface area contributed by atoms with E-state index >= 15 is 0 Å². The Labute approximate surface area is 154 Å². The summed E-state index contributed by atoms with van der Waals surface area (Å²) in [5, 5.41) is 16.3. The molecule has 1 aromatic heterocycles. The minimum atomic E-state index is -0.464. The van der Waals surface area contributed by atoms with E-state index in [1.165, 1.54) is 23.9 Å². The molecule has 2 atom stereocenters. The largest absolute Gasteiger partial charge is 0.310 e. The van der Waals surface area contributed by atoms with Crippen LogP contribution in [0.2, 0.25) is 0 Å². The van der Waals surface area contributed by atoms with Crippen LogP contribution in [0, 0.1) is 10.1 Å². The Morgan fingerprint density at radius 2 is 2.19 bits per heavy atom. The molecule has 2 aromatic rings. The molecule has 0 saturated carbocycles. The van der Waals surface area contributed by atoms with Gasteiger partial charge < -0.3 is 5.32 Å². The van der Waals surface area contributed by atoms with E-state index in [0.717, 1.165) is 12.8 Å². The number of benzene rings is 1. The van der Waals surface area contributed by atoms with Crippen LogP contribution in [-0.4, -0.2) is 26.4 Å². The highest BCUT2D eigenvalue weighted by Crippen LogP contribution is 2.41. The quantitative estimate of drug-likeness (QED) is 0.615. The first-order valence-corrected chi connectivity index (χ1v) is 9.47. The number of nitro groups is 1. The fraction of sp³-hybridized carbons (Fsp3) is 0.412. The van der Waals surface area contributed by atoms with Gasteiger partial charge in [-0.1, -0.05) is 25.5 Å². The number of anilines is 1. The molecule has 0 spiro atoms. The topological polar surface area (TPSA) is 110 Å². The Balaban J connectivity index is 2.13. The zero-order valence-electron chi connectivity index (χ0n) is 14.5. The molecule has 8 nitrogen and oxygen atoms in total. The number of carbonyl (C=O) groups is 1.